The summed E-state index contributed by atoms with van der Waals surface area (Å²) in [5.74, 6) is 1.82. The first-order valence-corrected chi connectivity index (χ1v) is 13.0. The van der Waals surface area contributed by atoms with Gasteiger partial charge in [0.25, 0.3) is 0 Å². The van der Waals surface area contributed by atoms with Gasteiger partial charge in [-0.25, -0.2) is 0 Å². The fraction of sp³-hybridized carbons (Fsp3) is 0.444. The van der Waals surface area contributed by atoms with Gasteiger partial charge >= 0.3 is 6.18 Å². The molecule has 0 amide bonds. The average Bonchev–Trinajstić information content (AvgIpc) is 2.84. The molecule has 36 heavy (non-hydrogen) atoms. The number of hydrogen-bond donors (Lipinski definition) is 0. The van der Waals surface area contributed by atoms with E-state index in [1.165, 1.54) is 44.0 Å². The first-order valence-electron chi connectivity index (χ1n) is 12.0. The molecule has 2 heterocycles. The number of benzene rings is 2. The molecule has 1 saturated heterocycles. The van der Waals surface area contributed by atoms with Gasteiger partial charge in [0.1, 0.15) is 5.75 Å². The molecule has 0 spiro atoms. The minimum atomic E-state index is -4.35. The number of hydrogen-bond acceptors (Lipinski definition) is 4. The maximum atomic E-state index is 12.9. The first kappa shape index (κ1) is 30.6. The third kappa shape index (κ3) is 9.02. The molecule has 1 aromatic heterocycles. The largest absolute Gasteiger partial charge is 0.494 e. The van der Waals surface area contributed by atoms with Crippen molar-refractivity contribution < 1.29 is 17.9 Å². The Morgan fingerprint density at radius 2 is 1.64 bits per heavy atom. The van der Waals surface area contributed by atoms with Gasteiger partial charge in [0.2, 0.25) is 0 Å². The molecule has 3 nitrogen and oxygen atoms in total. The molecule has 9 heteroatoms. The highest BCUT2D eigenvalue weighted by Gasteiger charge is 2.30. The van der Waals surface area contributed by atoms with E-state index < -0.39 is 11.7 Å². The zero-order chi connectivity index (χ0) is 23.8. The van der Waals surface area contributed by atoms with Gasteiger partial charge in [-0.1, -0.05) is 24.6 Å². The first-order chi connectivity index (χ1) is 16.5. The van der Waals surface area contributed by atoms with Crippen molar-refractivity contribution in [3.63, 3.8) is 0 Å². The Balaban J connectivity index is 0.00000228. The maximum Gasteiger partial charge on any atom is 0.416 e. The number of ether oxygens (including phenoxy) is 1. The van der Waals surface area contributed by atoms with Crippen LogP contribution in [0, 0.1) is 0 Å². The number of likely N-dealkylation sites (tertiary alicyclic amines) is 1. The fourth-order valence-electron chi connectivity index (χ4n) is 4.24. The quantitative estimate of drug-likeness (QED) is 0.183. The summed E-state index contributed by atoms with van der Waals surface area (Å²) in [6, 6.07) is 14.1. The summed E-state index contributed by atoms with van der Waals surface area (Å²) in [6.07, 6.45) is 4.24. The molecule has 3 aromatic rings. The molecule has 4 rings (SSSR count). The minimum Gasteiger partial charge on any atom is -0.494 e. The number of rotatable bonds is 10. The van der Waals surface area contributed by atoms with E-state index in [0.717, 1.165) is 59.7 Å². The lowest BCUT2D eigenvalue weighted by atomic mass is 10.1. The van der Waals surface area contributed by atoms with E-state index in [0.29, 0.717) is 12.1 Å². The van der Waals surface area contributed by atoms with Gasteiger partial charge in [-0.15, -0.1) is 36.6 Å². The summed E-state index contributed by atoms with van der Waals surface area (Å²) in [7, 11) is 0. The van der Waals surface area contributed by atoms with Gasteiger partial charge in [0.15, 0.2) is 0 Å². The molecule has 0 radical (unpaired) electrons. The molecule has 0 N–H and O–H groups in total. The van der Waals surface area contributed by atoms with E-state index in [1.54, 1.807) is 18.0 Å². The van der Waals surface area contributed by atoms with E-state index in [9.17, 15) is 13.2 Å². The van der Waals surface area contributed by atoms with E-state index in [-0.39, 0.29) is 24.8 Å². The van der Waals surface area contributed by atoms with Crippen LogP contribution in [0.5, 0.6) is 5.75 Å². The van der Waals surface area contributed by atoms with Crippen molar-refractivity contribution in [3.05, 3.63) is 65.9 Å². The van der Waals surface area contributed by atoms with Crippen molar-refractivity contribution >= 4 is 47.5 Å². The van der Waals surface area contributed by atoms with Crippen LogP contribution in [0.25, 0.3) is 10.9 Å². The number of aromatic nitrogens is 1. The summed E-state index contributed by atoms with van der Waals surface area (Å²) in [6.45, 7) is 4.11. The SMILES string of the molecule is Cl.Cl.FC(F)(F)c1ccc2c(SCCCCCOc3ccc(CN4CCCCC4)cc3)ccnc2c1. The van der Waals surface area contributed by atoms with Gasteiger partial charge in [0.05, 0.1) is 17.7 Å². The van der Waals surface area contributed by atoms with Gasteiger partial charge in [-0.05, 0) is 86.8 Å². The van der Waals surface area contributed by atoms with E-state index in [1.807, 2.05) is 6.07 Å². The van der Waals surface area contributed by atoms with Gasteiger partial charge in [-0.2, -0.15) is 13.2 Å². The van der Waals surface area contributed by atoms with Crippen molar-refractivity contribution in [2.45, 2.75) is 56.1 Å². The molecular formula is C27H33Cl2F3N2OS. The van der Waals surface area contributed by atoms with E-state index >= 15 is 0 Å². The lowest BCUT2D eigenvalue weighted by Crippen LogP contribution is -2.28. The summed E-state index contributed by atoms with van der Waals surface area (Å²) < 4.78 is 44.7. The molecule has 0 aliphatic carbocycles. The van der Waals surface area contributed by atoms with Crippen molar-refractivity contribution in [1.29, 1.82) is 0 Å². The molecular weight excluding hydrogens is 528 g/mol. The maximum absolute atomic E-state index is 12.9. The number of piperidine rings is 1. The Hall–Kier alpha value is -1.67. The van der Waals surface area contributed by atoms with Crippen LogP contribution >= 0.6 is 36.6 Å². The zero-order valence-electron chi connectivity index (χ0n) is 20.1. The molecule has 0 bridgehead atoms. The molecule has 2 aromatic carbocycles. The van der Waals surface area contributed by atoms with Gasteiger partial charge in [0, 0.05) is 23.0 Å². The number of alkyl halides is 3. The molecule has 0 atom stereocenters. The highest BCUT2D eigenvalue weighted by Crippen LogP contribution is 2.34. The summed E-state index contributed by atoms with van der Waals surface area (Å²) in [5, 5.41) is 0.771. The Morgan fingerprint density at radius 3 is 2.36 bits per heavy atom. The summed E-state index contributed by atoms with van der Waals surface area (Å²) >= 11 is 1.67. The Bertz CT molecular complexity index is 1060. The number of nitrogens with zero attached hydrogens (tertiary/aromatic N) is 2. The number of pyridine rings is 1. The number of unbranched alkanes of at least 4 members (excludes halogenated alkanes) is 2. The summed E-state index contributed by atoms with van der Waals surface area (Å²) in [5.41, 5.74) is 1.06. The zero-order valence-corrected chi connectivity index (χ0v) is 22.6. The van der Waals surface area contributed by atoms with Crippen LogP contribution in [-0.4, -0.2) is 35.3 Å². The summed E-state index contributed by atoms with van der Waals surface area (Å²) in [4.78, 5) is 7.61. The normalized spacial score (nSPS) is 14.2. The van der Waals surface area contributed by atoms with Crippen molar-refractivity contribution in [1.82, 2.24) is 9.88 Å². The monoisotopic (exact) mass is 560 g/mol. The van der Waals surface area contributed by atoms with E-state index in [4.69, 9.17) is 4.74 Å². The van der Waals surface area contributed by atoms with Crippen LogP contribution in [0.2, 0.25) is 0 Å². The minimum absolute atomic E-state index is 0. The van der Waals surface area contributed by atoms with Crippen molar-refractivity contribution in [3.8, 4) is 5.75 Å². The standard InChI is InChI=1S/C27H31F3N2OS.2ClH/c28-27(29,30)22-9-12-24-25(19-22)31-14-13-26(24)34-18-6-2-5-17-33-23-10-7-21(8-11-23)20-32-15-3-1-4-16-32;;/h7-14,19H,1-6,15-18,20H2;2*1H. The van der Waals surface area contributed by atoms with Crippen LogP contribution < -0.4 is 4.74 Å². The van der Waals surface area contributed by atoms with Crippen LogP contribution in [-0.2, 0) is 12.7 Å². The second kappa shape index (κ2) is 14.9. The van der Waals surface area contributed by atoms with Crippen molar-refractivity contribution in [2.75, 3.05) is 25.4 Å². The average molecular weight is 562 g/mol. The molecule has 0 unspecified atom stereocenters. The lowest BCUT2D eigenvalue weighted by molar-refractivity contribution is -0.137. The van der Waals surface area contributed by atoms with Gasteiger partial charge in [-0.3, -0.25) is 9.88 Å². The smallest absolute Gasteiger partial charge is 0.416 e. The molecule has 1 aliphatic heterocycles. The Kier molecular flexibility index (Phi) is 12.7. The predicted octanol–water partition coefficient (Wildman–Crippen LogP) is 8.42. The van der Waals surface area contributed by atoms with Gasteiger partial charge < -0.3 is 4.74 Å². The van der Waals surface area contributed by atoms with Crippen LogP contribution in [0.4, 0.5) is 13.2 Å². The number of fused-ring (bicyclic) bond motifs is 1. The van der Waals surface area contributed by atoms with Crippen LogP contribution in [0.1, 0.15) is 49.7 Å². The third-order valence-corrected chi connectivity index (χ3v) is 7.28. The number of thioether (sulfide) groups is 1. The second-order valence-corrected chi connectivity index (χ2v) is 9.91. The molecule has 198 valence electrons. The molecule has 0 saturated carbocycles. The highest BCUT2D eigenvalue weighted by molar-refractivity contribution is 7.99. The van der Waals surface area contributed by atoms with E-state index in [2.05, 4.69) is 34.1 Å². The number of halogens is 5. The lowest BCUT2D eigenvalue weighted by Gasteiger charge is -2.26. The topological polar surface area (TPSA) is 25.4 Å². The fourth-order valence-corrected chi connectivity index (χ4v) is 5.30. The highest BCUT2D eigenvalue weighted by atomic mass is 35.5. The van der Waals surface area contributed by atoms with Crippen LogP contribution in [0.3, 0.4) is 0 Å². The second-order valence-electron chi connectivity index (χ2n) is 8.78. The Labute approximate surface area is 228 Å². The molecule has 1 aliphatic rings. The van der Waals surface area contributed by atoms with Crippen molar-refractivity contribution in [2.24, 2.45) is 0 Å². The molecule has 1 fully saturated rings. The Morgan fingerprint density at radius 1 is 0.889 bits per heavy atom. The predicted molar refractivity (Wildman–Crippen MR) is 147 cm³/mol. The van der Waals surface area contributed by atoms with Crippen LogP contribution in [0.15, 0.2) is 59.6 Å². The third-order valence-electron chi connectivity index (χ3n) is 6.12.